The molecular weight excluding hydrogens is 270 g/mol. The Bertz CT molecular complexity index is 748. The predicted octanol–water partition coefficient (Wildman–Crippen LogP) is 4.58. The molecule has 3 heteroatoms. The summed E-state index contributed by atoms with van der Waals surface area (Å²) in [5, 5.41) is 4.37. The first-order valence-electron chi connectivity index (χ1n) is 7.20. The van der Waals surface area contributed by atoms with Crippen LogP contribution in [0.25, 0.3) is 11.1 Å². The maximum absolute atomic E-state index is 4.37. The van der Waals surface area contributed by atoms with Crippen LogP contribution in [0.5, 0.6) is 0 Å². The van der Waals surface area contributed by atoms with Crippen LogP contribution in [-0.2, 0) is 0 Å². The van der Waals surface area contributed by atoms with Crippen LogP contribution in [0.1, 0.15) is 12.5 Å². The van der Waals surface area contributed by atoms with E-state index in [0.29, 0.717) is 0 Å². The molecule has 0 saturated heterocycles. The summed E-state index contributed by atoms with van der Waals surface area (Å²) >= 11 is 0. The molecule has 0 fully saturated rings. The molecule has 3 aromatic rings. The van der Waals surface area contributed by atoms with Crippen molar-refractivity contribution in [2.24, 2.45) is 5.10 Å². The number of aromatic nitrogens is 1. The molecule has 0 unspecified atom stereocenters. The number of hydrazone groups is 1. The first-order valence-corrected chi connectivity index (χ1v) is 7.20. The molecule has 3 rings (SSSR count). The number of hydrogen-bond donors (Lipinski definition) is 1. The topological polar surface area (TPSA) is 37.3 Å². The quantitative estimate of drug-likeness (QED) is 0.563. The molecule has 0 amide bonds. The minimum atomic E-state index is 0.739. The van der Waals surface area contributed by atoms with Gasteiger partial charge in [-0.3, -0.25) is 5.43 Å². The third-order valence-corrected chi connectivity index (χ3v) is 3.41. The van der Waals surface area contributed by atoms with Crippen LogP contribution in [0, 0.1) is 0 Å². The molecule has 22 heavy (non-hydrogen) atoms. The second-order valence-corrected chi connectivity index (χ2v) is 4.97. The average molecular weight is 287 g/mol. The van der Waals surface area contributed by atoms with E-state index in [0.717, 1.165) is 17.1 Å². The Kier molecular flexibility index (Phi) is 4.25. The van der Waals surface area contributed by atoms with Gasteiger partial charge in [-0.1, -0.05) is 60.7 Å². The Morgan fingerprint density at radius 3 is 2.18 bits per heavy atom. The normalized spacial score (nSPS) is 11.2. The van der Waals surface area contributed by atoms with Gasteiger partial charge in [0.05, 0.1) is 5.71 Å². The Morgan fingerprint density at radius 2 is 1.50 bits per heavy atom. The lowest BCUT2D eigenvalue weighted by Crippen LogP contribution is -2.00. The van der Waals surface area contributed by atoms with Gasteiger partial charge in [0.1, 0.15) is 5.82 Å². The van der Waals surface area contributed by atoms with Gasteiger partial charge < -0.3 is 0 Å². The summed E-state index contributed by atoms with van der Waals surface area (Å²) in [5.74, 6) is 0.739. The second-order valence-electron chi connectivity index (χ2n) is 4.97. The van der Waals surface area contributed by atoms with Crippen molar-refractivity contribution in [2.75, 3.05) is 5.43 Å². The molecule has 0 atom stereocenters. The van der Waals surface area contributed by atoms with Gasteiger partial charge in [0.2, 0.25) is 0 Å². The summed E-state index contributed by atoms with van der Waals surface area (Å²) in [7, 11) is 0. The summed E-state index contributed by atoms with van der Waals surface area (Å²) in [6.45, 7) is 1.98. The van der Waals surface area contributed by atoms with Crippen molar-refractivity contribution in [3.63, 3.8) is 0 Å². The maximum Gasteiger partial charge on any atom is 0.146 e. The van der Waals surface area contributed by atoms with Gasteiger partial charge in [0, 0.05) is 6.20 Å². The highest BCUT2D eigenvalue weighted by Gasteiger charge is 2.00. The monoisotopic (exact) mass is 287 g/mol. The van der Waals surface area contributed by atoms with Gasteiger partial charge in [-0.2, -0.15) is 5.10 Å². The van der Waals surface area contributed by atoms with Crippen LogP contribution in [0.4, 0.5) is 5.82 Å². The van der Waals surface area contributed by atoms with Crippen LogP contribution < -0.4 is 5.43 Å². The smallest absolute Gasteiger partial charge is 0.146 e. The maximum atomic E-state index is 4.37. The SMILES string of the molecule is C/C(=N/Nc1ccccn1)c1ccc(-c2ccccc2)cc1. The lowest BCUT2D eigenvalue weighted by Gasteiger charge is -2.05. The summed E-state index contributed by atoms with van der Waals surface area (Å²) in [6.07, 6.45) is 1.74. The predicted molar refractivity (Wildman–Crippen MR) is 91.9 cm³/mol. The first-order chi connectivity index (χ1) is 10.8. The molecule has 0 aliphatic heterocycles. The Hall–Kier alpha value is -2.94. The van der Waals surface area contributed by atoms with Crippen molar-refractivity contribution in [2.45, 2.75) is 6.92 Å². The molecule has 1 aromatic heterocycles. The number of anilines is 1. The molecule has 0 spiro atoms. The molecule has 0 radical (unpaired) electrons. The number of nitrogens with zero attached hydrogens (tertiary/aromatic N) is 2. The van der Waals surface area contributed by atoms with E-state index in [-0.39, 0.29) is 0 Å². The van der Waals surface area contributed by atoms with E-state index in [9.17, 15) is 0 Å². The highest BCUT2D eigenvalue weighted by Crippen LogP contribution is 2.19. The fourth-order valence-corrected chi connectivity index (χ4v) is 2.17. The van der Waals surface area contributed by atoms with Crippen molar-refractivity contribution in [1.29, 1.82) is 0 Å². The number of nitrogens with one attached hydrogen (secondary N) is 1. The molecule has 1 heterocycles. The third-order valence-electron chi connectivity index (χ3n) is 3.41. The molecule has 0 aliphatic carbocycles. The minimum absolute atomic E-state index is 0.739. The lowest BCUT2D eigenvalue weighted by molar-refractivity contribution is 1.22. The third kappa shape index (κ3) is 3.38. The molecular formula is C19H17N3. The largest absolute Gasteiger partial charge is 0.261 e. The van der Waals surface area contributed by atoms with Gasteiger partial charge in [0.15, 0.2) is 0 Å². The van der Waals surface area contributed by atoms with Gasteiger partial charge in [0.25, 0.3) is 0 Å². The highest BCUT2D eigenvalue weighted by atomic mass is 15.3. The molecule has 0 saturated carbocycles. The molecule has 1 N–H and O–H groups in total. The zero-order valence-electron chi connectivity index (χ0n) is 12.4. The Morgan fingerprint density at radius 1 is 0.818 bits per heavy atom. The first kappa shape index (κ1) is 14.0. The van der Waals surface area contributed by atoms with Crippen LogP contribution in [0.3, 0.4) is 0 Å². The van der Waals surface area contributed by atoms with E-state index < -0.39 is 0 Å². The number of pyridine rings is 1. The van der Waals surface area contributed by atoms with Gasteiger partial charge in [-0.15, -0.1) is 0 Å². The van der Waals surface area contributed by atoms with Crippen molar-refractivity contribution in [1.82, 2.24) is 4.98 Å². The fourth-order valence-electron chi connectivity index (χ4n) is 2.17. The average Bonchev–Trinajstić information content (AvgIpc) is 2.61. The van der Waals surface area contributed by atoms with Crippen LogP contribution in [0.2, 0.25) is 0 Å². The molecule has 108 valence electrons. The van der Waals surface area contributed by atoms with Crippen LogP contribution >= 0.6 is 0 Å². The van der Waals surface area contributed by atoms with E-state index in [4.69, 9.17) is 0 Å². The summed E-state index contributed by atoms with van der Waals surface area (Å²) in [5.41, 5.74) is 7.40. The zero-order chi connectivity index (χ0) is 15.2. The van der Waals surface area contributed by atoms with E-state index >= 15 is 0 Å². The van der Waals surface area contributed by atoms with Crippen molar-refractivity contribution < 1.29 is 0 Å². The Balaban J connectivity index is 1.75. The van der Waals surface area contributed by atoms with Gasteiger partial charge in [-0.25, -0.2) is 4.98 Å². The highest BCUT2D eigenvalue weighted by molar-refractivity contribution is 5.99. The number of rotatable bonds is 4. The molecule has 3 nitrogen and oxygen atoms in total. The minimum Gasteiger partial charge on any atom is -0.261 e. The van der Waals surface area contributed by atoms with E-state index in [1.807, 2.05) is 43.3 Å². The van der Waals surface area contributed by atoms with E-state index in [1.165, 1.54) is 11.1 Å². The lowest BCUT2D eigenvalue weighted by atomic mass is 10.0. The molecule has 0 bridgehead atoms. The summed E-state index contributed by atoms with van der Waals surface area (Å²) < 4.78 is 0. The standard InChI is InChI=1S/C19H17N3/c1-15(21-22-19-9-5-6-14-20-19)16-10-12-18(13-11-16)17-7-3-2-4-8-17/h2-14H,1H3,(H,20,22)/b21-15-. The van der Waals surface area contributed by atoms with Crippen molar-refractivity contribution in [3.8, 4) is 11.1 Å². The van der Waals surface area contributed by atoms with Crippen molar-refractivity contribution in [3.05, 3.63) is 84.6 Å². The van der Waals surface area contributed by atoms with E-state index in [2.05, 4.69) is 51.9 Å². The van der Waals surface area contributed by atoms with Gasteiger partial charge >= 0.3 is 0 Å². The van der Waals surface area contributed by atoms with Crippen LogP contribution in [-0.4, -0.2) is 10.7 Å². The number of hydrogen-bond acceptors (Lipinski definition) is 3. The van der Waals surface area contributed by atoms with Crippen LogP contribution in [0.15, 0.2) is 84.1 Å². The number of benzene rings is 2. The second kappa shape index (κ2) is 6.68. The summed E-state index contributed by atoms with van der Waals surface area (Å²) in [4.78, 5) is 4.18. The molecule has 2 aromatic carbocycles. The zero-order valence-corrected chi connectivity index (χ0v) is 12.4. The Labute approximate surface area is 130 Å². The van der Waals surface area contributed by atoms with Gasteiger partial charge in [-0.05, 0) is 35.7 Å². The summed E-state index contributed by atoms with van der Waals surface area (Å²) in [6, 6.07) is 24.4. The molecule has 0 aliphatic rings. The fraction of sp³-hybridized carbons (Fsp3) is 0.0526. The van der Waals surface area contributed by atoms with E-state index in [1.54, 1.807) is 6.20 Å². The van der Waals surface area contributed by atoms with Crippen molar-refractivity contribution >= 4 is 11.5 Å².